The van der Waals surface area contributed by atoms with Crippen molar-refractivity contribution in [2.75, 3.05) is 13.2 Å². The van der Waals surface area contributed by atoms with E-state index >= 15 is 0 Å². The van der Waals surface area contributed by atoms with Gasteiger partial charge in [-0.3, -0.25) is 4.79 Å². The van der Waals surface area contributed by atoms with E-state index in [0.717, 1.165) is 23.1 Å². The summed E-state index contributed by atoms with van der Waals surface area (Å²) >= 11 is 6.04. The maximum atomic E-state index is 12.4. The average Bonchev–Trinajstić information content (AvgIpc) is 2.63. The molecule has 1 aromatic carbocycles. The van der Waals surface area contributed by atoms with Crippen LogP contribution in [0.4, 0.5) is 0 Å². The van der Waals surface area contributed by atoms with Crippen LogP contribution in [0.2, 0.25) is 5.02 Å². The first-order valence-electron chi connectivity index (χ1n) is 7.06. The van der Waals surface area contributed by atoms with Crippen molar-refractivity contribution >= 4 is 23.1 Å². The third-order valence-corrected chi connectivity index (χ3v) is 4.48. The van der Waals surface area contributed by atoms with Gasteiger partial charge in [-0.1, -0.05) is 11.6 Å². The third kappa shape index (κ3) is 2.23. The summed E-state index contributed by atoms with van der Waals surface area (Å²) in [6.45, 7) is 4.77. The number of carbonyl (C=O) groups is 1. The minimum absolute atomic E-state index is 0.0979. The van der Waals surface area contributed by atoms with Gasteiger partial charge in [0.25, 0.3) is 5.91 Å². The van der Waals surface area contributed by atoms with Crippen molar-refractivity contribution in [1.82, 2.24) is 5.32 Å². The van der Waals surface area contributed by atoms with E-state index in [1.54, 1.807) is 12.1 Å². The molecule has 2 aliphatic rings. The van der Waals surface area contributed by atoms with Crippen molar-refractivity contribution in [3.63, 3.8) is 0 Å². The molecule has 0 radical (unpaired) electrons. The van der Waals surface area contributed by atoms with Gasteiger partial charge in [-0.15, -0.1) is 0 Å². The van der Waals surface area contributed by atoms with Crippen LogP contribution in [-0.2, 0) is 9.53 Å². The first-order valence-corrected chi connectivity index (χ1v) is 7.43. The largest absolute Gasteiger partial charge is 0.509 e. The lowest BCUT2D eigenvalue weighted by Gasteiger charge is -2.33. The molecule has 2 heterocycles. The van der Waals surface area contributed by atoms with Crippen LogP contribution < -0.4 is 5.32 Å². The minimum atomic E-state index is -0.761. The maximum absolute atomic E-state index is 12.4. The van der Waals surface area contributed by atoms with Crippen LogP contribution in [0.1, 0.15) is 29.5 Å². The molecule has 1 amide bonds. The summed E-state index contributed by atoms with van der Waals surface area (Å²) in [7, 11) is 0. The molecular formula is C16H18ClNO3. The molecule has 1 fully saturated rings. The normalized spacial score (nSPS) is 25.6. The fourth-order valence-electron chi connectivity index (χ4n) is 3.30. The zero-order valence-corrected chi connectivity index (χ0v) is 12.9. The van der Waals surface area contributed by atoms with Gasteiger partial charge in [0.2, 0.25) is 0 Å². The molecule has 0 bridgehead atoms. The summed E-state index contributed by atoms with van der Waals surface area (Å²) < 4.78 is 5.46. The highest BCUT2D eigenvalue weighted by atomic mass is 35.5. The van der Waals surface area contributed by atoms with Crippen molar-refractivity contribution in [3.8, 4) is 0 Å². The third-order valence-electron chi connectivity index (χ3n) is 4.26. The first-order chi connectivity index (χ1) is 9.94. The topological polar surface area (TPSA) is 58.6 Å². The molecular weight excluding hydrogens is 290 g/mol. The number of aliphatic hydroxyl groups excluding tert-OH is 1. The first kappa shape index (κ1) is 14.4. The lowest BCUT2D eigenvalue weighted by Crippen LogP contribution is -2.50. The van der Waals surface area contributed by atoms with Gasteiger partial charge in [-0.25, -0.2) is 0 Å². The quantitative estimate of drug-likeness (QED) is 0.838. The van der Waals surface area contributed by atoms with Crippen molar-refractivity contribution in [1.29, 1.82) is 0 Å². The van der Waals surface area contributed by atoms with Gasteiger partial charge in [-0.2, -0.15) is 0 Å². The Morgan fingerprint density at radius 1 is 1.33 bits per heavy atom. The highest BCUT2D eigenvalue weighted by molar-refractivity contribution is 6.31. The number of hydrogen-bond acceptors (Lipinski definition) is 3. The molecule has 1 atom stereocenters. The van der Waals surface area contributed by atoms with E-state index in [0.29, 0.717) is 30.2 Å². The van der Waals surface area contributed by atoms with Crippen LogP contribution in [0.25, 0.3) is 5.57 Å². The van der Waals surface area contributed by atoms with Crippen molar-refractivity contribution in [2.24, 2.45) is 0 Å². The number of benzene rings is 1. The Balaban J connectivity index is 2.15. The molecule has 2 N–H and O–H groups in total. The van der Waals surface area contributed by atoms with E-state index in [4.69, 9.17) is 16.3 Å². The van der Waals surface area contributed by atoms with E-state index in [9.17, 15) is 9.90 Å². The Hall–Kier alpha value is -1.52. The molecule has 1 unspecified atom stereocenters. The summed E-state index contributed by atoms with van der Waals surface area (Å²) in [5.74, 6) is -0.146. The Morgan fingerprint density at radius 3 is 2.57 bits per heavy atom. The minimum Gasteiger partial charge on any atom is -0.509 e. The van der Waals surface area contributed by atoms with E-state index in [-0.39, 0.29) is 11.7 Å². The van der Waals surface area contributed by atoms with Gasteiger partial charge in [-0.05, 0) is 55.5 Å². The lowest BCUT2D eigenvalue weighted by molar-refractivity contribution is -0.117. The molecule has 1 aromatic rings. The summed E-state index contributed by atoms with van der Waals surface area (Å²) in [4.78, 5) is 12.4. The predicted molar refractivity (Wildman–Crippen MR) is 81.4 cm³/mol. The van der Waals surface area contributed by atoms with Crippen LogP contribution in [0.15, 0.2) is 17.9 Å². The van der Waals surface area contributed by atoms with Gasteiger partial charge in [0.1, 0.15) is 11.3 Å². The molecule has 112 valence electrons. The number of hydrogen-bond donors (Lipinski definition) is 2. The van der Waals surface area contributed by atoms with Crippen molar-refractivity contribution in [3.05, 3.63) is 39.6 Å². The average molecular weight is 308 g/mol. The van der Waals surface area contributed by atoms with Crippen LogP contribution >= 0.6 is 11.6 Å². The highest BCUT2D eigenvalue weighted by Crippen LogP contribution is 2.39. The zero-order chi connectivity index (χ0) is 15.2. The van der Waals surface area contributed by atoms with Gasteiger partial charge < -0.3 is 15.2 Å². The van der Waals surface area contributed by atoms with Crippen LogP contribution in [-0.4, -0.2) is 29.8 Å². The highest BCUT2D eigenvalue weighted by Gasteiger charge is 2.47. The number of ether oxygens (including phenoxy) is 1. The summed E-state index contributed by atoms with van der Waals surface area (Å²) in [5.41, 5.74) is 2.11. The van der Waals surface area contributed by atoms with E-state index in [2.05, 4.69) is 5.32 Å². The SMILES string of the molecule is Cc1cc(Cl)cc(C)c1C1=C(O)C2(CCCOC2)NC1=O. The van der Waals surface area contributed by atoms with E-state index in [1.165, 1.54) is 0 Å². The van der Waals surface area contributed by atoms with Gasteiger partial charge in [0.15, 0.2) is 0 Å². The second kappa shape index (κ2) is 5.04. The van der Waals surface area contributed by atoms with Gasteiger partial charge >= 0.3 is 0 Å². The molecule has 21 heavy (non-hydrogen) atoms. The number of carbonyl (C=O) groups excluding carboxylic acids is 1. The number of rotatable bonds is 1. The molecule has 1 spiro atoms. The lowest BCUT2D eigenvalue weighted by atomic mass is 9.88. The Kier molecular flexibility index (Phi) is 3.46. The summed E-state index contributed by atoms with van der Waals surface area (Å²) in [6.07, 6.45) is 1.51. The smallest absolute Gasteiger partial charge is 0.256 e. The zero-order valence-electron chi connectivity index (χ0n) is 12.1. The molecule has 3 rings (SSSR count). The van der Waals surface area contributed by atoms with Crippen LogP contribution in [0.3, 0.4) is 0 Å². The van der Waals surface area contributed by atoms with E-state index < -0.39 is 5.54 Å². The maximum Gasteiger partial charge on any atom is 0.256 e. The molecule has 0 aromatic heterocycles. The van der Waals surface area contributed by atoms with Crippen molar-refractivity contribution in [2.45, 2.75) is 32.2 Å². The molecule has 0 saturated carbocycles. The van der Waals surface area contributed by atoms with Gasteiger partial charge in [0.05, 0.1) is 12.2 Å². The fourth-order valence-corrected chi connectivity index (χ4v) is 3.63. The Labute approximate surface area is 128 Å². The van der Waals surface area contributed by atoms with Crippen LogP contribution in [0.5, 0.6) is 0 Å². The Bertz CT molecular complexity index is 622. The fraction of sp³-hybridized carbons (Fsp3) is 0.438. The number of nitrogens with one attached hydrogen (secondary N) is 1. The molecule has 0 aliphatic carbocycles. The number of amides is 1. The summed E-state index contributed by atoms with van der Waals surface area (Å²) in [5, 5.41) is 14.2. The van der Waals surface area contributed by atoms with Gasteiger partial charge in [0, 0.05) is 11.6 Å². The molecule has 4 nitrogen and oxygen atoms in total. The Morgan fingerprint density at radius 2 is 2.00 bits per heavy atom. The molecule has 2 aliphatic heterocycles. The van der Waals surface area contributed by atoms with Crippen molar-refractivity contribution < 1.29 is 14.6 Å². The molecule has 1 saturated heterocycles. The van der Waals surface area contributed by atoms with Crippen LogP contribution in [0, 0.1) is 13.8 Å². The number of aryl methyl sites for hydroxylation is 2. The van der Waals surface area contributed by atoms with E-state index in [1.807, 2.05) is 13.8 Å². The predicted octanol–water partition coefficient (Wildman–Crippen LogP) is 2.90. The second-order valence-electron chi connectivity index (χ2n) is 5.83. The monoisotopic (exact) mass is 307 g/mol. The number of aliphatic hydroxyl groups is 1. The standard InChI is InChI=1S/C16H18ClNO3/c1-9-6-11(17)7-10(2)12(9)13-14(19)16(18-15(13)20)4-3-5-21-8-16/h6-7,19H,3-5,8H2,1-2H3,(H,18,20). The molecule has 5 heteroatoms. The summed E-state index contributed by atoms with van der Waals surface area (Å²) in [6, 6.07) is 3.61. The number of halogens is 1. The second-order valence-corrected chi connectivity index (χ2v) is 6.27.